The summed E-state index contributed by atoms with van der Waals surface area (Å²) in [5.74, 6) is 2.64. The summed E-state index contributed by atoms with van der Waals surface area (Å²) >= 11 is 1.97. The van der Waals surface area contributed by atoms with Gasteiger partial charge in [0.05, 0.1) is 0 Å². The number of amides is 1. The zero-order chi connectivity index (χ0) is 13.1. The van der Waals surface area contributed by atoms with Crippen molar-refractivity contribution in [3.8, 4) is 0 Å². The number of carbonyl (C=O) groups is 1. The highest BCUT2D eigenvalue weighted by Crippen LogP contribution is 2.28. The fourth-order valence-electron chi connectivity index (χ4n) is 3.07. The molecular weight excluding hydrogens is 258 g/mol. The number of hydrogen-bond acceptors (Lipinski definition) is 4. The molecule has 5 heteroatoms. The molecule has 2 atom stereocenters. The Kier molecular flexibility index (Phi) is 4.66. The molecule has 0 bridgehead atoms. The molecule has 2 heterocycles. The number of rotatable bonds is 5. The van der Waals surface area contributed by atoms with E-state index in [0.717, 1.165) is 25.4 Å². The Bertz CT molecular complexity index is 310. The molecule has 1 saturated carbocycles. The van der Waals surface area contributed by atoms with Crippen LogP contribution in [0.25, 0.3) is 0 Å². The van der Waals surface area contributed by atoms with Gasteiger partial charge in [-0.1, -0.05) is 0 Å². The Hall–Kier alpha value is -0.260. The molecule has 0 spiro atoms. The van der Waals surface area contributed by atoms with Gasteiger partial charge in [0, 0.05) is 49.1 Å². The zero-order valence-electron chi connectivity index (χ0n) is 11.6. The second-order valence-corrected chi connectivity index (χ2v) is 7.15. The fourth-order valence-corrected chi connectivity index (χ4v) is 4.02. The van der Waals surface area contributed by atoms with Crippen LogP contribution in [0.3, 0.4) is 0 Å². The molecule has 0 radical (unpaired) electrons. The molecule has 2 N–H and O–H groups in total. The third-order valence-electron chi connectivity index (χ3n) is 4.31. The van der Waals surface area contributed by atoms with E-state index in [1.54, 1.807) is 0 Å². The minimum atomic E-state index is 0.371. The van der Waals surface area contributed by atoms with Crippen LogP contribution in [0.5, 0.6) is 0 Å². The third kappa shape index (κ3) is 3.86. The lowest BCUT2D eigenvalue weighted by molar-refractivity contribution is -0.132. The maximum absolute atomic E-state index is 12.5. The zero-order valence-corrected chi connectivity index (χ0v) is 12.4. The Morgan fingerprint density at radius 3 is 2.63 bits per heavy atom. The lowest BCUT2D eigenvalue weighted by Gasteiger charge is -2.29. The summed E-state index contributed by atoms with van der Waals surface area (Å²) in [5, 5.41) is 6.99. The predicted octanol–water partition coefficient (Wildman–Crippen LogP) is 0.824. The van der Waals surface area contributed by atoms with Crippen molar-refractivity contribution in [2.75, 3.05) is 31.1 Å². The van der Waals surface area contributed by atoms with Crippen molar-refractivity contribution in [3.05, 3.63) is 0 Å². The maximum Gasteiger partial charge on any atom is 0.224 e. The molecule has 3 fully saturated rings. The van der Waals surface area contributed by atoms with Crippen LogP contribution in [0.1, 0.15) is 32.1 Å². The van der Waals surface area contributed by atoms with Gasteiger partial charge < -0.3 is 15.5 Å². The summed E-state index contributed by atoms with van der Waals surface area (Å²) in [5.41, 5.74) is 0. The average molecular weight is 283 g/mol. The van der Waals surface area contributed by atoms with Crippen LogP contribution >= 0.6 is 11.8 Å². The number of thioether (sulfide) groups is 1. The lowest BCUT2D eigenvalue weighted by Crippen LogP contribution is -2.46. The smallest absolute Gasteiger partial charge is 0.224 e. The van der Waals surface area contributed by atoms with Gasteiger partial charge in [-0.05, 0) is 32.2 Å². The lowest BCUT2D eigenvalue weighted by atomic mass is 10.1. The van der Waals surface area contributed by atoms with Gasteiger partial charge >= 0.3 is 0 Å². The first-order valence-electron chi connectivity index (χ1n) is 7.67. The van der Waals surface area contributed by atoms with Gasteiger partial charge in [0.15, 0.2) is 0 Å². The molecule has 108 valence electrons. The van der Waals surface area contributed by atoms with E-state index >= 15 is 0 Å². The second-order valence-electron chi connectivity index (χ2n) is 6.00. The highest BCUT2D eigenvalue weighted by Gasteiger charge is 2.35. The summed E-state index contributed by atoms with van der Waals surface area (Å²) in [6, 6.07) is 1.48. The van der Waals surface area contributed by atoms with Crippen molar-refractivity contribution in [3.63, 3.8) is 0 Å². The number of nitrogens with one attached hydrogen (secondary N) is 2. The van der Waals surface area contributed by atoms with Gasteiger partial charge in [0.1, 0.15) is 0 Å². The predicted molar refractivity (Wildman–Crippen MR) is 79.5 cm³/mol. The topological polar surface area (TPSA) is 44.4 Å². The van der Waals surface area contributed by atoms with Crippen LogP contribution in [-0.2, 0) is 4.79 Å². The maximum atomic E-state index is 12.5. The van der Waals surface area contributed by atoms with Crippen molar-refractivity contribution in [1.29, 1.82) is 0 Å². The van der Waals surface area contributed by atoms with Gasteiger partial charge in [0.2, 0.25) is 5.91 Å². The molecule has 0 aromatic rings. The number of carbonyl (C=O) groups excluding carboxylic acids is 1. The highest BCUT2D eigenvalue weighted by molar-refractivity contribution is 7.99. The van der Waals surface area contributed by atoms with Gasteiger partial charge in [-0.15, -0.1) is 0 Å². The molecule has 3 aliphatic rings. The number of nitrogens with zero attached hydrogens (tertiary/aromatic N) is 1. The molecule has 0 aromatic heterocycles. The van der Waals surface area contributed by atoms with Gasteiger partial charge in [-0.2, -0.15) is 11.8 Å². The second kappa shape index (κ2) is 6.46. The Morgan fingerprint density at radius 1 is 1.16 bits per heavy atom. The summed E-state index contributed by atoms with van der Waals surface area (Å²) in [4.78, 5) is 14.7. The van der Waals surface area contributed by atoms with Crippen molar-refractivity contribution in [2.24, 2.45) is 0 Å². The van der Waals surface area contributed by atoms with Gasteiger partial charge in [-0.3, -0.25) is 4.79 Å². The van der Waals surface area contributed by atoms with Crippen molar-refractivity contribution in [1.82, 2.24) is 15.5 Å². The first-order valence-corrected chi connectivity index (χ1v) is 8.82. The average Bonchev–Trinajstić information content (AvgIpc) is 3.14. The van der Waals surface area contributed by atoms with E-state index in [9.17, 15) is 4.79 Å². The Balaban J connectivity index is 1.51. The van der Waals surface area contributed by atoms with E-state index in [-0.39, 0.29) is 0 Å². The monoisotopic (exact) mass is 283 g/mol. The molecule has 2 saturated heterocycles. The van der Waals surface area contributed by atoms with Crippen molar-refractivity contribution >= 4 is 17.7 Å². The quantitative estimate of drug-likeness (QED) is 0.784. The molecule has 0 aromatic carbocycles. The minimum absolute atomic E-state index is 0.371. The molecule has 1 aliphatic carbocycles. The van der Waals surface area contributed by atoms with Crippen LogP contribution in [0.2, 0.25) is 0 Å². The third-order valence-corrected chi connectivity index (χ3v) is 5.44. The number of hydrogen-bond donors (Lipinski definition) is 2. The van der Waals surface area contributed by atoms with Crippen LogP contribution in [0.4, 0.5) is 0 Å². The Labute approximate surface area is 120 Å². The highest BCUT2D eigenvalue weighted by atomic mass is 32.2. The Morgan fingerprint density at radius 2 is 2.00 bits per heavy atom. The van der Waals surface area contributed by atoms with Crippen molar-refractivity contribution < 1.29 is 4.79 Å². The fraction of sp³-hybridized carbons (Fsp3) is 0.929. The van der Waals surface area contributed by atoms with E-state index in [1.165, 1.54) is 31.4 Å². The molecule has 3 rings (SSSR count). The first-order chi connectivity index (χ1) is 9.33. The van der Waals surface area contributed by atoms with Gasteiger partial charge in [0.25, 0.3) is 0 Å². The van der Waals surface area contributed by atoms with Crippen LogP contribution in [0, 0.1) is 0 Å². The molecule has 2 unspecified atom stereocenters. The SMILES string of the molecule is O=C(CC1CSCCN1)N(CC1CCCN1)C1CC1. The largest absolute Gasteiger partial charge is 0.338 e. The first kappa shape index (κ1) is 13.7. The van der Waals surface area contributed by atoms with E-state index in [2.05, 4.69) is 15.5 Å². The molecule has 1 amide bonds. The standard InChI is InChI=1S/C14H25N3OS/c18-14(8-12-10-19-7-6-16-12)17(13-3-4-13)9-11-2-1-5-15-11/h11-13,15-16H,1-10H2. The molecular formula is C14H25N3OS. The summed E-state index contributed by atoms with van der Waals surface area (Å²) in [7, 11) is 0. The normalized spacial score (nSPS) is 31.4. The summed E-state index contributed by atoms with van der Waals surface area (Å²) in [6.45, 7) is 3.11. The van der Waals surface area contributed by atoms with Crippen molar-refractivity contribution in [2.45, 2.75) is 50.2 Å². The van der Waals surface area contributed by atoms with E-state index in [4.69, 9.17) is 0 Å². The minimum Gasteiger partial charge on any atom is -0.338 e. The summed E-state index contributed by atoms with van der Waals surface area (Å²) < 4.78 is 0. The van der Waals surface area contributed by atoms with Crippen LogP contribution in [0.15, 0.2) is 0 Å². The summed E-state index contributed by atoms with van der Waals surface area (Å²) in [6.07, 6.45) is 5.61. The molecule has 2 aliphatic heterocycles. The van der Waals surface area contributed by atoms with E-state index in [1.807, 2.05) is 11.8 Å². The molecule has 19 heavy (non-hydrogen) atoms. The van der Waals surface area contributed by atoms with Gasteiger partial charge in [-0.25, -0.2) is 0 Å². The molecule has 4 nitrogen and oxygen atoms in total. The van der Waals surface area contributed by atoms with E-state index < -0.39 is 0 Å². The van der Waals surface area contributed by atoms with E-state index in [0.29, 0.717) is 30.5 Å². The van der Waals surface area contributed by atoms with Crippen LogP contribution < -0.4 is 10.6 Å². The van der Waals surface area contributed by atoms with Crippen LogP contribution in [-0.4, -0.2) is 60.1 Å².